The summed E-state index contributed by atoms with van der Waals surface area (Å²) in [5, 5.41) is 14.3. The van der Waals surface area contributed by atoms with E-state index < -0.39 is 5.60 Å². The second kappa shape index (κ2) is 8.40. The fourth-order valence-electron chi connectivity index (χ4n) is 4.67. The fraction of sp³-hybridized carbons (Fsp3) is 0.667. The molecule has 1 saturated carbocycles. The molecule has 26 heavy (non-hydrogen) atoms. The number of rotatable bonds is 6. The number of aliphatic hydroxyl groups is 1. The molecule has 0 radical (unpaired) electrons. The topological polar surface area (TPSA) is 61.8 Å². The average molecular weight is 360 g/mol. The van der Waals surface area contributed by atoms with Crippen LogP contribution in [0, 0.1) is 5.92 Å². The summed E-state index contributed by atoms with van der Waals surface area (Å²) in [4.78, 5) is 14.6. The largest absolute Gasteiger partial charge is 0.497 e. The molecule has 144 valence electrons. The highest BCUT2D eigenvalue weighted by atomic mass is 16.5. The van der Waals surface area contributed by atoms with Crippen molar-refractivity contribution in [2.45, 2.75) is 57.1 Å². The molecule has 5 heteroatoms. The van der Waals surface area contributed by atoms with Crippen molar-refractivity contribution in [3.8, 4) is 5.75 Å². The van der Waals surface area contributed by atoms with Crippen LogP contribution in [-0.2, 0) is 4.79 Å². The first-order valence-electron chi connectivity index (χ1n) is 9.94. The summed E-state index contributed by atoms with van der Waals surface area (Å²) >= 11 is 0. The second-order valence-electron chi connectivity index (χ2n) is 7.74. The Kier molecular flexibility index (Phi) is 6.20. The van der Waals surface area contributed by atoms with Crippen LogP contribution >= 0.6 is 0 Å². The van der Waals surface area contributed by atoms with Crippen LogP contribution in [0.15, 0.2) is 24.3 Å². The van der Waals surface area contributed by atoms with Gasteiger partial charge >= 0.3 is 0 Å². The molecule has 3 rings (SSSR count). The van der Waals surface area contributed by atoms with E-state index >= 15 is 0 Å². The Labute approximate surface area is 156 Å². The first kappa shape index (κ1) is 19.2. The number of ether oxygens (including phenoxy) is 1. The number of hydrogen-bond donors (Lipinski definition) is 2. The smallest absolute Gasteiger partial charge is 0.234 e. The molecule has 2 unspecified atom stereocenters. The summed E-state index contributed by atoms with van der Waals surface area (Å²) < 4.78 is 5.29. The maximum absolute atomic E-state index is 12.4. The number of hydrogen-bond acceptors (Lipinski definition) is 4. The highest BCUT2D eigenvalue weighted by Gasteiger charge is 2.49. The first-order chi connectivity index (χ1) is 12.6. The maximum atomic E-state index is 12.4. The lowest BCUT2D eigenvalue weighted by atomic mass is 9.66. The summed E-state index contributed by atoms with van der Waals surface area (Å²) in [5.74, 6) is 1.08. The SMILES string of the molecule is CCCNC(=O)CN1CCC2(O)CCCCC2[C@@H]1c1ccc(OC)cc1. The molecule has 1 aliphatic heterocycles. The number of nitrogens with one attached hydrogen (secondary N) is 1. The Morgan fingerprint density at radius 2 is 2.08 bits per heavy atom. The fourth-order valence-corrected chi connectivity index (χ4v) is 4.67. The molecular weight excluding hydrogens is 328 g/mol. The third kappa shape index (κ3) is 4.04. The summed E-state index contributed by atoms with van der Waals surface area (Å²) in [6.45, 7) is 3.92. The number of piperidine rings is 1. The Balaban J connectivity index is 1.85. The zero-order valence-electron chi connectivity index (χ0n) is 16.0. The number of carbonyl (C=O) groups is 1. The number of fused-ring (bicyclic) bond motifs is 1. The van der Waals surface area contributed by atoms with Gasteiger partial charge in [0.25, 0.3) is 0 Å². The van der Waals surface area contributed by atoms with Gasteiger partial charge in [0, 0.05) is 25.0 Å². The second-order valence-corrected chi connectivity index (χ2v) is 7.74. The van der Waals surface area contributed by atoms with Gasteiger partial charge in [-0.2, -0.15) is 0 Å². The Morgan fingerprint density at radius 3 is 2.77 bits per heavy atom. The van der Waals surface area contributed by atoms with E-state index in [1.807, 2.05) is 12.1 Å². The molecule has 2 fully saturated rings. The van der Waals surface area contributed by atoms with Crippen molar-refractivity contribution in [3.63, 3.8) is 0 Å². The predicted molar refractivity (Wildman–Crippen MR) is 102 cm³/mol. The molecule has 5 nitrogen and oxygen atoms in total. The van der Waals surface area contributed by atoms with Crippen LogP contribution < -0.4 is 10.1 Å². The third-order valence-corrected chi connectivity index (χ3v) is 6.05. The standard InChI is InChI=1S/C21H32N2O3/c1-3-13-22-19(24)15-23-14-12-21(25)11-5-4-6-18(21)20(23)16-7-9-17(26-2)10-8-16/h7-10,18,20,25H,3-6,11-15H2,1-2H3,(H,22,24)/t18?,20-,21?/m0/s1. The Hall–Kier alpha value is -1.59. The molecular formula is C21H32N2O3. The number of carbonyl (C=O) groups excluding carboxylic acids is 1. The van der Waals surface area contributed by atoms with Gasteiger partial charge in [-0.15, -0.1) is 0 Å². The van der Waals surface area contributed by atoms with Crippen molar-refractivity contribution in [2.24, 2.45) is 5.92 Å². The van der Waals surface area contributed by atoms with E-state index in [1.54, 1.807) is 7.11 Å². The minimum atomic E-state index is -0.598. The zero-order valence-corrected chi connectivity index (χ0v) is 16.0. The average Bonchev–Trinajstić information content (AvgIpc) is 2.66. The molecule has 1 aliphatic carbocycles. The summed E-state index contributed by atoms with van der Waals surface area (Å²) in [5.41, 5.74) is 0.568. The van der Waals surface area contributed by atoms with Crippen molar-refractivity contribution in [1.29, 1.82) is 0 Å². The summed E-state index contributed by atoms with van der Waals surface area (Å²) in [7, 11) is 1.67. The van der Waals surface area contributed by atoms with Crippen LogP contribution in [0.4, 0.5) is 0 Å². The molecule has 0 bridgehead atoms. The monoisotopic (exact) mass is 360 g/mol. The molecule has 0 aromatic heterocycles. The minimum Gasteiger partial charge on any atom is -0.497 e. The molecule has 1 aromatic rings. The van der Waals surface area contributed by atoms with Crippen LogP contribution in [0.2, 0.25) is 0 Å². The van der Waals surface area contributed by atoms with E-state index in [0.29, 0.717) is 13.1 Å². The number of benzene rings is 1. The van der Waals surface area contributed by atoms with Crippen LogP contribution in [0.3, 0.4) is 0 Å². The van der Waals surface area contributed by atoms with Gasteiger partial charge in [-0.3, -0.25) is 9.69 Å². The minimum absolute atomic E-state index is 0.0756. The lowest BCUT2D eigenvalue weighted by molar-refractivity contribution is -0.137. The van der Waals surface area contributed by atoms with E-state index in [4.69, 9.17) is 4.74 Å². The highest BCUT2D eigenvalue weighted by Crippen LogP contribution is 2.49. The highest BCUT2D eigenvalue weighted by molar-refractivity contribution is 5.78. The number of methoxy groups -OCH3 is 1. The summed E-state index contributed by atoms with van der Waals surface area (Å²) in [6, 6.07) is 8.19. The number of amides is 1. The van der Waals surface area contributed by atoms with E-state index in [1.165, 1.54) is 5.56 Å². The quantitative estimate of drug-likeness (QED) is 0.819. The molecule has 1 amide bonds. The van der Waals surface area contributed by atoms with Gasteiger partial charge in [0.05, 0.1) is 19.3 Å². The molecule has 0 spiro atoms. The molecule has 1 heterocycles. The number of nitrogens with zero attached hydrogens (tertiary/aromatic N) is 1. The van der Waals surface area contributed by atoms with Gasteiger partial charge in [0.2, 0.25) is 5.91 Å². The van der Waals surface area contributed by atoms with E-state index in [-0.39, 0.29) is 17.9 Å². The van der Waals surface area contributed by atoms with E-state index in [2.05, 4.69) is 29.3 Å². The van der Waals surface area contributed by atoms with Crippen LogP contribution in [0.5, 0.6) is 5.75 Å². The van der Waals surface area contributed by atoms with Gasteiger partial charge < -0.3 is 15.2 Å². The maximum Gasteiger partial charge on any atom is 0.234 e. The van der Waals surface area contributed by atoms with Crippen LogP contribution in [0.1, 0.15) is 57.1 Å². The lowest BCUT2D eigenvalue weighted by Gasteiger charge is -2.52. The normalized spacial score (nSPS) is 29.0. The van der Waals surface area contributed by atoms with Crippen LogP contribution in [0.25, 0.3) is 0 Å². The number of likely N-dealkylation sites (tertiary alicyclic amines) is 1. The molecule has 3 atom stereocenters. The van der Waals surface area contributed by atoms with Crippen LogP contribution in [-0.4, -0.2) is 48.3 Å². The molecule has 1 saturated heterocycles. The van der Waals surface area contributed by atoms with Gasteiger partial charge in [-0.05, 0) is 43.4 Å². The molecule has 1 aromatic carbocycles. The third-order valence-electron chi connectivity index (χ3n) is 6.05. The Bertz CT molecular complexity index is 604. The lowest BCUT2D eigenvalue weighted by Crippen LogP contribution is -2.56. The van der Waals surface area contributed by atoms with Gasteiger partial charge in [-0.25, -0.2) is 0 Å². The van der Waals surface area contributed by atoms with Gasteiger partial charge in [-0.1, -0.05) is 31.9 Å². The predicted octanol–water partition coefficient (Wildman–Crippen LogP) is 2.89. The summed E-state index contributed by atoms with van der Waals surface area (Å²) in [6.07, 6.45) is 5.83. The van der Waals surface area contributed by atoms with Crippen molar-refractivity contribution in [3.05, 3.63) is 29.8 Å². The van der Waals surface area contributed by atoms with Gasteiger partial charge in [0.1, 0.15) is 5.75 Å². The molecule has 2 N–H and O–H groups in total. The first-order valence-corrected chi connectivity index (χ1v) is 9.94. The van der Waals surface area contributed by atoms with Crippen molar-refractivity contribution >= 4 is 5.91 Å². The van der Waals surface area contributed by atoms with Crippen molar-refractivity contribution < 1.29 is 14.6 Å². The van der Waals surface area contributed by atoms with E-state index in [9.17, 15) is 9.90 Å². The van der Waals surface area contributed by atoms with Crippen molar-refractivity contribution in [2.75, 3.05) is 26.7 Å². The van der Waals surface area contributed by atoms with E-state index in [0.717, 1.165) is 50.8 Å². The van der Waals surface area contributed by atoms with Gasteiger partial charge in [0.15, 0.2) is 0 Å². The Morgan fingerprint density at radius 1 is 1.31 bits per heavy atom. The molecule has 2 aliphatic rings. The zero-order chi connectivity index (χ0) is 18.6. The van der Waals surface area contributed by atoms with Crippen molar-refractivity contribution in [1.82, 2.24) is 10.2 Å².